The predicted molar refractivity (Wildman–Crippen MR) is 198 cm³/mol. The lowest BCUT2D eigenvalue weighted by atomic mass is 9.96. The normalized spacial score (nSPS) is 21.4. The van der Waals surface area contributed by atoms with E-state index >= 15 is 0 Å². The number of carbonyl (C=O) groups excluding carboxylic acids is 1. The Hall–Kier alpha value is -4.11. The zero-order valence-electron chi connectivity index (χ0n) is 30.5. The summed E-state index contributed by atoms with van der Waals surface area (Å²) >= 11 is 0. The molecule has 0 spiro atoms. The van der Waals surface area contributed by atoms with Crippen molar-refractivity contribution < 1.29 is 23.1 Å². The maximum atomic E-state index is 14.7. The Morgan fingerprint density at radius 1 is 0.885 bits per heavy atom. The van der Waals surface area contributed by atoms with Crippen LogP contribution in [0.25, 0.3) is 0 Å². The van der Waals surface area contributed by atoms with E-state index in [0.717, 1.165) is 50.8 Å². The number of piperazine rings is 1. The van der Waals surface area contributed by atoms with Crippen molar-refractivity contribution in [2.45, 2.75) is 63.6 Å². The minimum atomic E-state index is -0.634. The largest absolute Gasteiger partial charge is 0.494 e. The van der Waals surface area contributed by atoms with Crippen molar-refractivity contribution in [2.24, 2.45) is 0 Å². The van der Waals surface area contributed by atoms with Crippen LogP contribution in [0.3, 0.4) is 0 Å². The average Bonchev–Trinajstić information content (AvgIpc) is 3.65. The first-order valence-electron chi connectivity index (χ1n) is 18.7. The molecule has 0 radical (unpaired) electrons. The minimum Gasteiger partial charge on any atom is -0.494 e. The van der Waals surface area contributed by atoms with Gasteiger partial charge in [0.15, 0.2) is 5.82 Å². The lowest BCUT2D eigenvalue weighted by molar-refractivity contribution is -0.115. The molecule has 4 saturated heterocycles. The number of amides is 1. The number of nitrogens with zero attached hydrogens (tertiary/aromatic N) is 7. The Kier molecular flexibility index (Phi) is 11.3. The lowest BCUT2D eigenvalue weighted by Gasteiger charge is -2.46. The summed E-state index contributed by atoms with van der Waals surface area (Å²) in [7, 11) is 3.84. The number of nitrogens with one attached hydrogen (secondary N) is 2. The van der Waals surface area contributed by atoms with Crippen LogP contribution in [0.2, 0.25) is 0 Å². The predicted octanol–water partition coefficient (Wildman–Crippen LogP) is 5.42. The fourth-order valence-corrected chi connectivity index (χ4v) is 8.13. The summed E-state index contributed by atoms with van der Waals surface area (Å²) in [5, 5.41) is 8.00. The number of rotatable bonds is 10. The summed E-state index contributed by atoms with van der Waals surface area (Å²) in [4.78, 5) is 37.6. The first kappa shape index (κ1) is 36.3. The number of hydrogen-bond donors (Lipinski definition) is 2. The Balaban J connectivity index is 1.04. The van der Waals surface area contributed by atoms with E-state index < -0.39 is 17.7 Å². The highest BCUT2D eigenvalue weighted by Crippen LogP contribution is 2.41. The van der Waals surface area contributed by atoms with Crippen molar-refractivity contribution in [3.05, 3.63) is 59.9 Å². The number of likely N-dealkylation sites (N-methyl/N-ethyl adjacent to an activating group) is 1. The minimum absolute atomic E-state index is 0.0787. The van der Waals surface area contributed by atoms with Crippen molar-refractivity contribution in [3.63, 3.8) is 0 Å². The van der Waals surface area contributed by atoms with Gasteiger partial charge in [0.05, 0.1) is 36.8 Å². The van der Waals surface area contributed by atoms with Gasteiger partial charge in [-0.05, 0) is 58.0 Å². The van der Waals surface area contributed by atoms with E-state index in [4.69, 9.17) is 9.57 Å². The second-order valence-corrected chi connectivity index (χ2v) is 14.3. The molecule has 0 saturated carbocycles. The summed E-state index contributed by atoms with van der Waals surface area (Å²) in [6, 6.07) is 9.93. The molecule has 2 aromatic carbocycles. The molecule has 4 fully saturated rings. The second kappa shape index (κ2) is 16.3. The van der Waals surface area contributed by atoms with E-state index in [1.807, 2.05) is 19.1 Å². The molecule has 14 heteroatoms. The van der Waals surface area contributed by atoms with Crippen LogP contribution in [-0.4, -0.2) is 116 Å². The Morgan fingerprint density at radius 2 is 1.60 bits per heavy atom. The quantitative estimate of drug-likeness (QED) is 0.281. The van der Waals surface area contributed by atoms with Crippen molar-refractivity contribution in [2.75, 3.05) is 93.7 Å². The first-order chi connectivity index (χ1) is 25.3. The Bertz CT molecular complexity index is 1690. The first-order valence-corrected chi connectivity index (χ1v) is 18.7. The molecule has 7 rings (SSSR count). The summed E-state index contributed by atoms with van der Waals surface area (Å²) in [5.41, 5.74) is 2.57. The van der Waals surface area contributed by atoms with E-state index in [1.165, 1.54) is 62.5 Å². The molecule has 1 amide bonds. The molecule has 1 aromatic heterocycles. The molecule has 52 heavy (non-hydrogen) atoms. The number of likely N-dealkylation sites (tertiary alicyclic amines) is 1. The molecule has 0 unspecified atom stereocenters. The number of carbonyl (C=O) groups is 1. The van der Waals surface area contributed by atoms with Gasteiger partial charge in [-0.15, -0.1) is 0 Å². The number of ether oxygens (including phenoxy) is 1. The molecule has 4 aliphatic heterocycles. The zero-order valence-corrected chi connectivity index (χ0v) is 30.5. The summed E-state index contributed by atoms with van der Waals surface area (Å²) in [6.07, 6.45) is 6.88. The van der Waals surface area contributed by atoms with Gasteiger partial charge in [-0.3, -0.25) is 14.5 Å². The van der Waals surface area contributed by atoms with Gasteiger partial charge in [0.25, 0.3) is 0 Å². The van der Waals surface area contributed by atoms with Crippen molar-refractivity contribution in [1.29, 1.82) is 0 Å². The van der Waals surface area contributed by atoms with E-state index in [2.05, 4.69) is 47.2 Å². The SMILES string of the molecule is CCC(=O)Nc1cc(Nc2cc(N3OCC[C@@H]3c3ccc(F)cc3F)ncn2)c(OC)cc1N1CCC(N2CCC(N3CCN(C)CC3)CC2)CC1. The second-order valence-electron chi connectivity index (χ2n) is 14.3. The van der Waals surface area contributed by atoms with Crippen LogP contribution in [0.5, 0.6) is 5.75 Å². The van der Waals surface area contributed by atoms with E-state index in [-0.39, 0.29) is 5.91 Å². The fourth-order valence-electron chi connectivity index (χ4n) is 8.13. The highest BCUT2D eigenvalue weighted by Gasteiger charge is 2.33. The number of benzene rings is 2. The molecule has 1 atom stereocenters. The van der Waals surface area contributed by atoms with Gasteiger partial charge in [0, 0.05) is 88.0 Å². The smallest absolute Gasteiger partial charge is 0.224 e. The van der Waals surface area contributed by atoms with Crippen molar-refractivity contribution in [3.8, 4) is 5.75 Å². The molecule has 0 aliphatic carbocycles. The van der Waals surface area contributed by atoms with E-state index in [9.17, 15) is 13.6 Å². The molecule has 5 heterocycles. The molecule has 12 nitrogen and oxygen atoms in total. The van der Waals surface area contributed by atoms with Gasteiger partial charge in [0.1, 0.15) is 29.5 Å². The standard InChI is InChI=1S/C38H51F2N9O3/c1-4-38(50)44-31-22-32(43-36-24-37(42-25-41-36)49-33(11-20-52-49)29-6-5-26(39)21-30(29)40)35(51-3)23-34(31)48-14-9-27(10-15-48)46-12-7-28(8-13-46)47-18-16-45(2)17-19-47/h5-6,21-25,27-28,33H,4,7-20H2,1-3H3,(H,44,50)(H,41,42,43)/t33-/m1/s1. The number of hydroxylamine groups is 1. The van der Waals surface area contributed by atoms with Crippen LogP contribution in [0.1, 0.15) is 57.1 Å². The molecule has 3 aromatic rings. The maximum absolute atomic E-state index is 14.7. The molecular weight excluding hydrogens is 668 g/mol. The third-order valence-corrected chi connectivity index (χ3v) is 11.2. The van der Waals surface area contributed by atoms with Crippen LogP contribution in [-0.2, 0) is 9.63 Å². The van der Waals surface area contributed by atoms with Crippen LogP contribution < -0.4 is 25.3 Å². The number of hydrogen-bond acceptors (Lipinski definition) is 11. The topological polar surface area (TPSA) is 102 Å². The van der Waals surface area contributed by atoms with Gasteiger partial charge in [-0.2, -0.15) is 0 Å². The number of methoxy groups -OCH3 is 1. The van der Waals surface area contributed by atoms with Gasteiger partial charge in [0.2, 0.25) is 5.91 Å². The monoisotopic (exact) mass is 719 g/mol. The van der Waals surface area contributed by atoms with Gasteiger partial charge >= 0.3 is 0 Å². The molecule has 0 bridgehead atoms. The van der Waals surface area contributed by atoms with Crippen molar-refractivity contribution >= 4 is 34.6 Å². The third kappa shape index (κ3) is 8.09. The zero-order chi connectivity index (χ0) is 36.2. The number of halogens is 2. The highest BCUT2D eigenvalue weighted by atomic mass is 19.1. The van der Waals surface area contributed by atoms with E-state index in [0.29, 0.717) is 65.9 Å². The highest BCUT2D eigenvalue weighted by molar-refractivity contribution is 5.96. The molecular formula is C38H51F2N9O3. The number of piperidine rings is 2. The van der Waals surface area contributed by atoms with Crippen LogP contribution in [0, 0.1) is 11.6 Å². The molecule has 4 aliphatic rings. The fraction of sp³-hybridized carbons (Fsp3) is 0.553. The number of aromatic nitrogens is 2. The van der Waals surface area contributed by atoms with E-state index in [1.54, 1.807) is 13.2 Å². The lowest BCUT2D eigenvalue weighted by Crippen LogP contribution is -2.54. The van der Waals surface area contributed by atoms with Crippen molar-refractivity contribution in [1.82, 2.24) is 24.7 Å². The van der Waals surface area contributed by atoms with Gasteiger partial charge < -0.3 is 30.1 Å². The summed E-state index contributed by atoms with van der Waals surface area (Å²) in [5.74, 6) is 0.128. The maximum Gasteiger partial charge on any atom is 0.224 e. The van der Waals surface area contributed by atoms with Crippen LogP contribution in [0.4, 0.5) is 37.5 Å². The van der Waals surface area contributed by atoms with Crippen LogP contribution >= 0.6 is 0 Å². The van der Waals surface area contributed by atoms with Gasteiger partial charge in [-0.1, -0.05) is 13.0 Å². The summed E-state index contributed by atoms with van der Waals surface area (Å²) < 4.78 is 34.2. The summed E-state index contributed by atoms with van der Waals surface area (Å²) in [6.45, 7) is 11.0. The Labute approximate surface area is 305 Å². The number of anilines is 5. The average molecular weight is 720 g/mol. The molecule has 280 valence electrons. The third-order valence-electron chi connectivity index (χ3n) is 11.2. The van der Waals surface area contributed by atoms with Gasteiger partial charge in [-0.25, -0.2) is 23.8 Å². The Morgan fingerprint density at radius 3 is 2.29 bits per heavy atom. The van der Waals surface area contributed by atoms with Crippen LogP contribution in [0.15, 0.2) is 42.7 Å². The molecule has 2 N–H and O–H groups in total.